The molecule has 0 bridgehead atoms. The first-order valence-electron chi connectivity index (χ1n) is 8.65. The number of halogens is 1. The standard InChI is InChI=1S/C20H23BrN2O2/c1-2-22-10-12-23(13-11-22)20(24)18-8-3-4-9-19(18)25-15-16-6-5-7-17(21)14-16/h3-9,14H,2,10-13,15H2,1H3. The van der Waals surface area contributed by atoms with E-state index >= 15 is 0 Å². The van der Waals surface area contributed by atoms with E-state index in [0.717, 1.165) is 42.8 Å². The summed E-state index contributed by atoms with van der Waals surface area (Å²) in [5.74, 6) is 0.700. The van der Waals surface area contributed by atoms with E-state index in [1.54, 1.807) is 0 Å². The summed E-state index contributed by atoms with van der Waals surface area (Å²) < 4.78 is 6.97. The molecule has 1 aliphatic rings. The number of para-hydroxylation sites is 1. The van der Waals surface area contributed by atoms with Gasteiger partial charge >= 0.3 is 0 Å². The molecule has 1 heterocycles. The summed E-state index contributed by atoms with van der Waals surface area (Å²) in [5.41, 5.74) is 1.70. The number of rotatable bonds is 5. The summed E-state index contributed by atoms with van der Waals surface area (Å²) in [5, 5.41) is 0. The van der Waals surface area contributed by atoms with Crippen LogP contribution < -0.4 is 4.74 Å². The van der Waals surface area contributed by atoms with Crippen LogP contribution >= 0.6 is 15.9 Å². The number of ether oxygens (including phenoxy) is 1. The molecule has 0 unspecified atom stereocenters. The molecule has 25 heavy (non-hydrogen) atoms. The third kappa shape index (κ3) is 4.61. The maximum atomic E-state index is 12.9. The van der Waals surface area contributed by atoms with E-state index in [1.165, 1.54) is 0 Å². The Morgan fingerprint density at radius 2 is 1.84 bits per heavy atom. The normalized spacial score (nSPS) is 15.2. The van der Waals surface area contributed by atoms with Crippen molar-refractivity contribution < 1.29 is 9.53 Å². The first kappa shape index (κ1) is 18.0. The molecule has 0 radical (unpaired) electrons. The van der Waals surface area contributed by atoms with Crippen molar-refractivity contribution in [1.82, 2.24) is 9.80 Å². The van der Waals surface area contributed by atoms with Gasteiger partial charge in [0.15, 0.2) is 0 Å². The van der Waals surface area contributed by atoms with E-state index in [4.69, 9.17) is 4.74 Å². The minimum atomic E-state index is 0.0561. The first-order chi connectivity index (χ1) is 12.2. The molecule has 132 valence electrons. The summed E-state index contributed by atoms with van der Waals surface area (Å²) in [6.45, 7) is 7.04. The summed E-state index contributed by atoms with van der Waals surface area (Å²) >= 11 is 3.47. The maximum absolute atomic E-state index is 12.9. The van der Waals surface area contributed by atoms with Crippen LogP contribution in [0.2, 0.25) is 0 Å². The zero-order chi connectivity index (χ0) is 17.6. The summed E-state index contributed by atoms with van der Waals surface area (Å²) in [4.78, 5) is 17.2. The van der Waals surface area contributed by atoms with Crippen molar-refractivity contribution in [1.29, 1.82) is 0 Å². The highest BCUT2D eigenvalue weighted by Gasteiger charge is 2.23. The van der Waals surface area contributed by atoms with Crippen LogP contribution in [0, 0.1) is 0 Å². The molecule has 1 fully saturated rings. The highest BCUT2D eigenvalue weighted by Crippen LogP contribution is 2.22. The fourth-order valence-electron chi connectivity index (χ4n) is 2.99. The van der Waals surface area contributed by atoms with Crippen molar-refractivity contribution >= 4 is 21.8 Å². The smallest absolute Gasteiger partial charge is 0.257 e. The van der Waals surface area contributed by atoms with Crippen LogP contribution in [0.1, 0.15) is 22.8 Å². The fourth-order valence-corrected chi connectivity index (χ4v) is 3.44. The molecule has 2 aromatic rings. The molecule has 5 heteroatoms. The average Bonchev–Trinajstić information content (AvgIpc) is 2.66. The largest absolute Gasteiger partial charge is 0.488 e. The minimum absolute atomic E-state index is 0.0561. The third-order valence-electron chi connectivity index (χ3n) is 4.51. The second kappa shape index (κ2) is 8.50. The lowest BCUT2D eigenvalue weighted by molar-refractivity contribution is 0.0639. The van der Waals surface area contributed by atoms with Crippen LogP contribution in [0.3, 0.4) is 0 Å². The maximum Gasteiger partial charge on any atom is 0.257 e. The van der Waals surface area contributed by atoms with Crippen LogP contribution in [0.15, 0.2) is 53.0 Å². The number of hydrogen-bond donors (Lipinski definition) is 0. The predicted molar refractivity (Wildman–Crippen MR) is 103 cm³/mol. The Labute approximate surface area is 157 Å². The number of piperazine rings is 1. The van der Waals surface area contributed by atoms with E-state index in [1.807, 2.05) is 53.4 Å². The number of carbonyl (C=O) groups excluding carboxylic acids is 1. The Hall–Kier alpha value is -1.85. The van der Waals surface area contributed by atoms with Crippen molar-refractivity contribution in [2.45, 2.75) is 13.5 Å². The molecule has 0 spiro atoms. The summed E-state index contributed by atoms with van der Waals surface area (Å²) in [6.07, 6.45) is 0. The molecule has 2 aromatic carbocycles. The lowest BCUT2D eigenvalue weighted by atomic mass is 10.1. The second-order valence-electron chi connectivity index (χ2n) is 6.14. The van der Waals surface area contributed by atoms with E-state index in [2.05, 4.69) is 27.8 Å². The Kier molecular flexibility index (Phi) is 6.10. The third-order valence-corrected chi connectivity index (χ3v) is 5.00. The highest BCUT2D eigenvalue weighted by molar-refractivity contribution is 9.10. The van der Waals surface area contributed by atoms with Gasteiger partial charge in [-0.2, -0.15) is 0 Å². The molecular weight excluding hydrogens is 380 g/mol. The molecule has 1 saturated heterocycles. The number of carbonyl (C=O) groups is 1. The van der Waals surface area contributed by atoms with Crippen molar-refractivity contribution in [2.24, 2.45) is 0 Å². The highest BCUT2D eigenvalue weighted by atomic mass is 79.9. The zero-order valence-corrected chi connectivity index (χ0v) is 16.0. The van der Waals surface area contributed by atoms with Gasteiger partial charge in [-0.15, -0.1) is 0 Å². The van der Waals surface area contributed by atoms with Gasteiger partial charge in [-0.25, -0.2) is 0 Å². The SMILES string of the molecule is CCN1CCN(C(=O)c2ccccc2OCc2cccc(Br)c2)CC1. The van der Waals surface area contributed by atoms with Gasteiger partial charge in [0.2, 0.25) is 0 Å². The summed E-state index contributed by atoms with van der Waals surface area (Å²) in [6, 6.07) is 15.5. The first-order valence-corrected chi connectivity index (χ1v) is 9.44. The Balaban J connectivity index is 1.69. The molecule has 3 rings (SSSR count). The van der Waals surface area contributed by atoms with Gasteiger partial charge in [0, 0.05) is 30.7 Å². The van der Waals surface area contributed by atoms with E-state index in [0.29, 0.717) is 17.9 Å². The topological polar surface area (TPSA) is 32.8 Å². The average molecular weight is 403 g/mol. The zero-order valence-electron chi connectivity index (χ0n) is 14.5. The summed E-state index contributed by atoms with van der Waals surface area (Å²) in [7, 11) is 0. The van der Waals surface area contributed by atoms with Crippen LogP contribution in [-0.4, -0.2) is 48.4 Å². The van der Waals surface area contributed by atoms with Gasteiger partial charge in [-0.3, -0.25) is 4.79 Å². The van der Waals surface area contributed by atoms with Crippen LogP contribution in [0.4, 0.5) is 0 Å². The van der Waals surface area contributed by atoms with E-state index < -0.39 is 0 Å². The molecule has 4 nitrogen and oxygen atoms in total. The van der Waals surface area contributed by atoms with E-state index in [-0.39, 0.29) is 5.91 Å². The van der Waals surface area contributed by atoms with Crippen molar-refractivity contribution in [2.75, 3.05) is 32.7 Å². The number of hydrogen-bond acceptors (Lipinski definition) is 3. The lowest BCUT2D eigenvalue weighted by Gasteiger charge is -2.34. The van der Waals surface area contributed by atoms with Gasteiger partial charge in [0.1, 0.15) is 12.4 Å². The van der Waals surface area contributed by atoms with Crippen molar-refractivity contribution in [3.63, 3.8) is 0 Å². The Bertz CT molecular complexity index is 727. The molecular formula is C20H23BrN2O2. The van der Waals surface area contributed by atoms with Gasteiger partial charge in [-0.1, -0.05) is 47.1 Å². The molecule has 0 aromatic heterocycles. The lowest BCUT2D eigenvalue weighted by Crippen LogP contribution is -2.48. The van der Waals surface area contributed by atoms with Gasteiger partial charge in [-0.05, 0) is 36.4 Å². The molecule has 0 atom stereocenters. The monoisotopic (exact) mass is 402 g/mol. The van der Waals surface area contributed by atoms with E-state index in [9.17, 15) is 4.79 Å². The molecule has 0 N–H and O–H groups in total. The van der Waals surface area contributed by atoms with Gasteiger partial charge in [0.25, 0.3) is 5.91 Å². The Morgan fingerprint density at radius 1 is 1.08 bits per heavy atom. The minimum Gasteiger partial charge on any atom is -0.488 e. The predicted octanol–water partition coefficient (Wildman–Crippen LogP) is 3.81. The molecule has 0 aliphatic carbocycles. The van der Waals surface area contributed by atoms with Crippen LogP contribution in [-0.2, 0) is 6.61 Å². The van der Waals surface area contributed by atoms with Crippen LogP contribution in [0.25, 0.3) is 0 Å². The van der Waals surface area contributed by atoms with Gasteiger partial charge < -0.3 is 14.5 Å². The van der Waals surface area contributed by atoms with Crippen LogP contribution in [0.5, 0.6) is 5.75 Å². The molecule has 0 saturated carbocycles. The quantitative estimate of drug-likeness (QED) is 0.762. The number of nitrogens with zero attached hydrogens (tertiary/aromatic N) is 2. The number of likely N-dealkylation sites (N-methyl/N-ethyl adjacent to an activating group) is 1. The number of amides is 1. The fraction of sp³-hybridized carbons (Fsp3) is 0.350. The van der Waals surface area contributed by atoms with Gasteiger partial charge in [0.05, 0.1) is 5.56 Å². The molecule has 1 amide bonds. The number of benzene rings is 2. The van der Waals surface area contributed by atoms with Crippen molar-refractivity contribution in [3.05, 3.63) is 64.1 Å². The molecule has 1 aliphatic heterocycles. The second-order valence-corrected chi connectivity index (χ2v) is 7.06. The van der Waals surface area contributed by atoms with Crippen molar-refractivity contribution in [3.8, 4) is 5.75 Å². The Morgan fingerprint density at radius 3 is 2.56 bits per heavy atom.